The van der Waals surface area contributed by atoms with E-state index >= 15 is 0 Å². The highest BCUT2D eigenvalue weighted by Crippen LogP contribution is 1.97. The average Bonchev–Trinajstić information content (AvgIpc) is 2.34. The molecule has 3 heteroatoms. The molecule has 0 radical (unpaired) electrons. The molecule has 9 heavy (non-hydrogen) atoms. The molecule has 0 aliphatic carbocycles. The quantitative estimate of drug-likeness (QED) is 0.587. The van der Waals surface area contributed by atoms with E-state index in [9.17, 15) is 4.79 Å². The minimum absolute atomic E-state index is 0.287. The SMILES string of the molecule is [2H]C(=O)NCc1ccco1. The molecule has 1 N–H and O–H groups in total. The molecule has 1 aromatic heterocycles. The Bertz CT molecular complexity index is 208. The number of hydrogen-bond donors (Lipinski definition) is 1. The van der Waals surface area contributed by atoms with Gasteiger partial charge in [0.25, 0.3) is 0 Å². The summed E-state index contributed by atoms with van der Waals surface area (Å²) in [6.07, 6.45) is 0.724. The molecule has 1 amide bonds. The van der Waals surface area contributed by atoms with E-state index in [4.69, 9.17) is 5.79 Å². The van der Waals surface area contributed by atoms with Crippen LogP contribution in [-0.2, 0) is 11.3 Å². The van der Waals surface area contributed by atoms with Crippen molar-refractivity contribution in [2.24, 2.45) is 0 Å². The van der Waals surface area contributed by atoms with Gasteiger partial charge in [-0.1, -0.05) is 0 Å². The topological polar surface area (TPSA) is 42.2 Å². The van der Waals surface area contributed by atoms with E-state index in [0.717, 1.165) is 0 Å². The van der Waals surface area contributed by atoms with Gasteiger partial charge < -0.3 is 9.73 Å². The Labute approximate surface area is 54.1 Å². The van der Waals surface area contributed by atoms with Crippen LogP contribution >= 0.6 is 0 Å². The first-order chi connectivity index (χ1) is 4.79. The monoisotopic (exact) mass is 126 g/mol. The summed E-state index contributed by atoms with van der Waals surface area (Å²) in [4.78, 5) is 10.1. The molecule has 0 saturated heterocycles. The number of furan rings is 1. The lowest BCUT2D eigenvalue weighted by atomic mass is 10.4. The zero-order chi connectivity index (χ0) is 7.40. The third-order valence-electron chi connectivity index (χ3n) is 0.915. The minimum atomic E-state index is -0.795. The molecule has 0 fully saturated rings. The van der Waals surface area contributed by atoms with E-state index in [1.807, 2.05) is 0 Å². The van der Waals surface area contributed by atoms with Crippen molar-refractivity contribution in [1.29, 1.82) is 0 Å². The van der Waals surface area contributed by atoms with Crippen LogP contribution in [0.15, 0.2) is 22.8 Å². The zero-order valence-corrected chi connectivity index (χ0v) is 4.76. The first-order valence-electron chi connectivity index (χ1n) is 3.06. The highest BCUT2D eigenvalue weighted by molar-refractivity contribution is 5.45. The molecule has 0 aromatic carbocycles. The van der Waals surface area contributed by atoms with Gasteiger partial charge in [-0.05, 0) is 12.1 Å². The summed E-state index contributed by atoms with van der Waals surface area (Å²) in [6.45, 7) is 0.287. The van der Waals surface area contributed by atoms with Gasteiger partial charge in [0, 0.05) is 0 Å². The number of nitrogens with one attached hydrogen (secondary N) is 1. The summed E-state index contributed by atoms with van der Waals surface area (Å²) in [7, 11) is 0. The first kappa shape index (κ1) is 4.61. The molecule has 0 unspecified atom stereocenters. The predicted molar refractivity (Wildman–Crippen MR) is 31.6 cm³/mol. The fourth-order valence-electron chi connectivity index (χ4n) is 0.536. The largest absolute Gasteiger partial charge is 0.467 e. The van der Waals surface area contributed by atoms with Crippen molar-refractivity contribution in [3.05, 3.63) is 24.2 Å². The van der Waals surface area contributed by atoms with Crippen LogP contribution in [0, 0.1) is 0 Å². The molecular formula is C6H7NO2. The second-order valence-electron chi connectivity index (χ2n) is 1.53. The molecule has 1 heterocycles. The average molecular weight is 126 g/mol. The molecular weight excluding hydrogens is 118 g/mol. The van der Waals surface area contributed by atoms with E-state index in [-0.39, 0.29) is 6.54 Å². The van der Waals surface area contributed by atoms with E-state index in [0.29, 0.717) is 5.76 Å². The fourth-order valence-corrected chi connectivity index (χ4v) is 0.536. The van der Waals surface area contributed by atoms with E-state index in [1.165, 1.54) is 6.26 Å². The summed E-state index contributed by atoms with van der Waals surface area (Å²) >= 11 is 0. The Morgan fingerprint density at radius 2 is 2.89 bits per heavy atom. The maximum absolute atomic E-state index is 10.1. The second kappa shape index (κ2) is 2.91. The van der Waals surface area contributed by atoms with E-state index in [1.54, 1.807) is 12.1 Å². The first-order valence-corrected chi connectivity index (χ1v) is 2.56. The third-order valence-corrected chi connectivity index (χ3v) is 0.915. The third kappa shape index (κ3) is 1.60. The van der Waals surface area contributed by atoms with Gasteiger partial charge in [-0.2, -0.15) is 0 Å². The van der Waals surface area contributed by atoms with E-state index < -0.39 is 6.39 Å². The Balaban J connectivity index is 2.35. The summed E-state index contributed by atoms with van der Waals surface area (Å²) in [5.41, 5.74) is 0. The van der Waals surface area contributed by atoms with Gasteiger partial charge in [-0.3, -0.25) is 4.79 Å². The standard InChI is InChI=1S/C6H7NO2/c8-5-7-4-6-2-1-3-9-6/h1-3,5H,4H2,(H,7,8)/i5D. The number of rotatable bonds is 2. The summed E-state index contributed by atoms with van der Waals surface area (Å²) in [6, 6.07) is 3.46. The lowest BCUT2D eigenvalue weighted by molar-refractivity contribution is -0.109. The van der Waals surface area contributed by atoms with Crippen LogP contribution in [0.2, 0.25) is 0 Å². The molecule has 0 saturated carbocycles. The molecule has 0 bridgehead atoms. The fraction of sp³-hybridized carbons (Fsp3) is 0.167. The van der Waals surface area contributed by atoms with Gasteiger partial charge in [0.1, 0.15) is 7.13 Å². The van der Waals surface area contributed by atoms with Crippen LogP contribution in [-0.4, -0.2) is 6.39 Å². The molecule has 1 aromatic rings. The van der Waals surface area contributed by atoms with Crippen molar-refractivity contribution in [3.8, 4) is 0 Å². The van der Waals surface area contributed by atoms with Gasteiger partial charge in [0.05, 0.1) is 12.8 Å². The number of hydrogen-bond acceptors (Lipinski definition) is 2. The smallest absolute Gasteiger partial charge is 0.207 e. The predicted octanol–water partition coefficient (Wildman–Crippen LogP) is 0.526. The lowest BCUT2D eigenvalue weighted by Gasteiger charge is -1.90. The van der Waals surface area contributed by atoms with Crippen LogP contribution in [0.3, 0.4) is 0 Å². The number of carbonyl (C=O) groups excluding carboxylic acids is 1. The van der Waals surface area contributed by atoms with Crippen LogP contribution in [0.4, 0.5) is 0 Å². The van der Waals surface area contributed by atoms with Crippen LogP contribution < -0.4 is 5.32 Å². The van der Waals surface area contributed by atoms with Crippen molar-refractivity contribution < 1.29 is 10.6 Å². The molecule has 0 aliphatic heterocycles. The Kier molecular flexibility index (Phi) is 1.49. The maximum Gasteiger partial charge on any atom is 0.207 e. The highest BCUT2D eigenvalue weighted by atomic mass is 16.3. The summed E-state index contributed by atoms with van der Waals surface area (Å²) < 4.78 is 11.4. The highest BCUT2D eigenvalue weighted by Gasteiger charge is 1.89. The zero-order valence-electron chi connectivity index (χ0n) is 5.76. The van der Waals surface area contributed by atoms with Gasteiger partial charge in [0.2, 0.25) is 6.39 Å². The molecule has 1 rings (SSSR count). The maximum atomic E-state index is 10.1. The van der Waals surface area contributed by atoms with Gasteiger partial charge in [0.15, 0.2) is 0 Å². The van der Waals surface area contributed by atoms with Gasteiger partial charge >= 0.3 is 0 Å². The number of carbonyl (C=O) groups is 1. The lowest BCUT2D eigenvalue weighted by Crippen LogP contribution is -2.08. The van der Waals surface area contributed by atoms with Crippen LogP contribution in [0.1, 0.15) is 7.13 Å². The summed E-state index contributed by atoms with van der Waals surface area (Å²) in [5, 5.41) is 2.28. The normalized spacial score (nSPS) is 10.4. The van der Waals surface area contributed by atoms with Crippen molar-refractivity contribution in [2.45, 2.75) is 6.54 Å². The van der Waals surface area contributed by atoms with Crippen molar-refractivity contribution in [3.63, 3.8) is 0 Å². The van der Waals surface area contributed by atoms with Crippen molar-refractivity contribution in [1.82, 2.24) is 5.32 Å². The minimum Gasteiger partial charge on any atom is -0.467 e. The Hall–Kier alpha value is -1.25. The van der Waals surface area contributed by atoms with Crippen molar-refractivity contribution in [2.75, 3.05) is 0 Å². The van der Waals surface area contributed by atoms with Crippen LogP contribution in [0.5, 0.6) is 0 Å². The Morgan fingerprint density at radius 1 is 2.00 bits per heavy atom. The van der Waals surface area contributed by atoms with Gasteiger partial charge in [-0.25, -0.2) is 0 Å². The van der Waals surface area contributed by atoms with Crippen LogP contribution in [0.25, 0.3) is 0 Å². The molecule has 0 atom stereocenters. The second-order valence-corrected chi connectivity index (χ2v) is 1.53. The van der Waals surface area contributed by atoms with E-state index in [2.05, 4.69) is 5.32 Å². The summed E-state index contributed by atoms with van der Waals surface area (Å²) in [5.74, 6) is 0.653. The molecule has 0 aliphatic rings. The Morgan fingerprint density at radius 3 is 3.44 bits per heavy atom. The number of amides is 1. The molecule has 48 valence electrons. The van der Waals surface area contributed by atoms with Gasteiger partial charge in [-0.15, -0.1) is 0 Å². The molecule has 0 spiro atoms. The van der Waals surface area contributed by atoms with Crippen molar-refractivity contribution >= 4 is 6.39 Å². The molecule has 3 nitrogen and oxygen atoms in total.